The molecule has 0 unspecified atom stereocenters. The zero-order valence-electron chi connectivity index (χ0n) is 10.1. The van der Waals surface area contributed by atoms with Gasteiger partial charge in [-0.1, -0.05) is 11.6 Å². The largest absolute Gasteiger partial charge is 0.299 e. The van der Waals surface area contributed by atoms with Gasteiger partial charge in [0.25, 0.3) is 0 Å². The number of thioether (sulfide) groups is 1. The van der Waals surface area contributed by atoms with Crippen LogP contribution in [0.5, 0.6) is 0 Å². The van der Waals surface area contributed by atoms with E-state index in [2.05, 4.69) is 0 Å². The molecule has 0 radical (unpaired) electrons. The smallest absolute Gasteiger partial charge is 0.137 e. The monoisotopic (exact) mass is 286 g/mol. The van der Waals surface area contributed by atoms with Gasteiger partial charge in [-0.25, -0.2) is 4.39 Å². The summed E-state index contributed by atoms with van der Waals surface area (Å²) in [4.78, 5) is 11.9. The van der Waals surface area contributed by atoms with Crippen LogP contribution in [0.25, 0.3) is 0 Å². The van der Waals surface area contributed by atoms with Gasteiger partial charge >= 0.3 is 0 Å². The summed E-state index contributed by atoms with van der Waals surface area (Å²) in [7, 11) is 0. The van der Waals surface area contributed by atoms with Crippen LogP contribution in [0.2, 0.25) is 5.02 Å². The third kappa shape index (κ3) is 3.99. The molecule has 0 spiro atoms. The Hall–Kier alpha value is -0.540. The molecule has 1 heterocycles. The van der Waals surface area contributed by atoms with E-state index in [1.807, 2.05) is 11.8 Å². The van der Waals surface area contributed by atoms with Crippen molar-refractivity contribution in [2.24, 2.45) is 5.92 Å². The Morgan fingerprint density at radius 2 is 2.11 bits per heavy atom. The molecule has 98 valence electrons. The van der Waals surface area contributed by atoms with Gasteiger partial charge in [0, 0.05) is 17.9 Å². The van der Waals surface area contributed by atoms with Crippen LogP contribution in [-0.4, -0.2) is 17.3 Å². The van der Waals surface area contributed by atoms with Gasteiger partial charge < -0.3 is 0 Å². The van der Waals surface area contributed by atoms with Gasteiger partial charge in [0.05, 0.1) is 0 Å². The molecule has 1 saturated heterocycles. The van der Waals surface area contributed by atoms with Crippen LogP contribution in [0.15, 0.2) is 18.2 Å². The number of hydrogen-bond acceptors (Lipinski definition) is 2. The molecular formula is C14H16ClFOS. The van der Waals surface area contributed by atoms with Crippen molar-refractivity contribution >= 4 is 29.1 Å². The van der Waals surface area contributed by atoms with E-state index >= 15 is 0 Å². The molecule has 0 bridgehead atoms. The quantitative estimate of drug-likeness (QED) is 0.828. The van der Waals surface area contributed by atoms with Gasteiger partial charge in [-0.3, -0.25) is 4.79 Å². The molecule has 0 aliphatic carbocycles. The van der Waals surface area contributed by atoms with Crippen LogP contribution in [0, 0.1) is 11.7 Å². The third-order valence-electron chi connectivity index (χ3n) is 3.25. The number of rotatable bonds is 4. The first-order valence-electron chi connectivity index (χ1n) is 6.18. The second-order valence-electron chi connectivity index (χ2n) is 4.71. The summed E-state index contributed by atoms with van der Waals surface area (Å²) in [6.07, 6.45) is 2.95. The molecule has 1 aliphatic heterocycles. The van der Waals surface area contributed by atoms with Crippen molar-refractivity contribution in [1.29, 1.82) is 0 Å². The van der Waals surface area contributed by atoms with Crippen molar-refractivity contribution in [3.8, 4) is 0 Å². The number of benzene rings is 1. The molecular weight excluding hydrogens is 271 g/mol. The fraction of sp³-hybridized carbons (Fsp3) is 0.500. The van der Waals surface area contributed by atoms with Gasteiger partial charge in [0.1, 0.15) is 11.6 Å². The lowest BCUT2D eigenvalue weighted by molar-refractivity contribution is -0.119. The summed E-state index contributed by atoms with van der Waals surface area (Å²) in [6, 6.07) is 4.37. The van der Waals surface area contributed by atoms with Crippen molar-refractivity contribution in [2.75, 3.05) is 11.5 Å². The van der Waals surface area contributed by atoms with E-state index in [0.717, 1.165) is 24.3 Å². The Bertz CT molecular complexity index is 430. The number of ketones is 1. The first-order chi connectivity index (χ1) is 8.65. The number of carbonyl (C=O) groups is 1. The highest BCUT2D eigenvalue weighted by atomic mass is 35.5. The van der Waals surface area contributed by atoms with Crippen LogP contribution < -0.4 is 0 Å². The zero-order chi connectivity index (χ0) is 13.0. The molecule has 0 atom stereocenters. The van der Waals surface area contributed by atoms with Gasteiger partial charge in [-0.2, -0.15) is 11.8 Å². The van der Waals surface area contributed by atoms with Crippen molar-refractivity contribution in [3.63, 3.8) is 0 Å². The zero-order valence-corrected chi connectivity index (χ0v) is 11.7. The van der Waals surface area contributed by atoms with Crippen LogP contribution >= 0.6 is 23.4 Å². The average Bonchev–Trinajstić information content (AvgIpc) is 2.35. The molecule has 1 fully saturated rings. The average molecular weight is 287 g/mol. The van der Waals surface area contributed by atoms with Crippen molar-refractivity contribution in [3.05, 3.63) is 34.6 Å². The molecule has 1 aliphatic rings. The standard InChI is InChI=1S/C14H16ClFOS/c15-12-1-2-14(16)11(8-12)9-13(17)7-10-3-5-18-6-4-10/h1-2,8,10H,3-7,9H2. The van der Waals surface area contributed by atoms with Crippen LogP contribution in [0.4, 0.5) is 4.39 Å². The second kappa shape index (κ2) is 6.58. The minimum absolute atomic E-state index is 0.119. The Morgan fingerprint density at radius 3 is 2.83 bits per heavy atom. The molecule has 1 aromatic rings. The SMILES string of the molecule is O=C(Cc1cc(Cl)ccc1F)CC1CCSCC1. The summed E-state index contributed by atoms with van der Waals surface area (Å²) in [6.45, 7) is 0. The molecule has 0 N–H and O–H groups in total. The number of carbonyl (C=O) groups excluding carboxylic acids is 1. The van der Waals surface area contributed by atoms with Crippen molar-refractivity contribution < 1.29 is 9.18 Å². The Morgan fingerprint density at radius 1 is 1.39 bits per heavy atom. The lowest BCUT2D eigenvalue weighted by Crippen LogP contribution is -2.16. The Kier molecular flexibility index (Phi) is 5.07. The molecule has 4 heteroatoms. The number of hydrogen-bond donors (Lipinski definition) is 0. The van der Waals surface area contributed by atoms with Crippen LogP contribution in [-0.2, 0) is 11.2 Å². The highest BCUT2D eigenvalue weighted by Gasteiger charge is 2.18. The van der Waals surface area contributed by atoms with Gasteiger partial charge in [0.15, 0.2) is 0 Å². The minimum Gasteiger partial charge on any atom is -0.299 e. The fourth-order valence-corrected chi connectivity index (χ4v) is 3.63. The minimum atomic E-state index is -0.341. The second-order valence-corrected chi connectivity index (χ2v) is 6.37. The van der Waals surface area contributed by atoms with Crippen molar-refractivity contribution in [2.45, 2.75) is 25.7 Å². The predicted molar refractivity (Wildman–Crippen MR) is 74.8 cm³/mol. The first kappa shape index (κ1) is 13.9. The van der Waals surface area contributed by atoms with E-state index in [1.54, 1.807) is 6.07 Å². The van der Waals surface area contributed by atoms with Crippen molar-refractivity contribution in [1.82, 2.24) is 0 Å². The van der Waals surface area contributed by atoms with Gasteiger partial charge in [-0.05, 0) is 54.0 Å². The van der Waals surface area contributed by atoms with Gasteiger partial charge in [-0.15, -0.1) is 0 Å². The molecule has 1 aromatic carbocycles. The summed E-state index contributed by atoms with van der Waals surface area (Å²) in [5.74, 6) is 2.55. The molecule has 0 saturated carbocycles. The molecule has 1 nitrogen and oxygen atoms in total. The summed E-state index contributed by atoms with van der Waals surface area (Å²) in [5.41, 5.74) is 0.415. The predicted octanol–water partition coefficient (Wildman–Crippen LogP) is 4.12. The maximum Gasteiger partial charge on any atom is 0.137 e. The van der Waals surface area contributed by atoms with Crippen LogP contribution in [0.1, 0.15) is 24.8 Å². The van der Waals surface area contributed by atoms with E-state index in [1.165, 1.54) is 12.1 Å². The van der Waals surface area contributed by atoms with E-state index in [9.17, 15) is 9.18 Å². The topological polar surface area (TPSA) is 17.1 Å². The maximum absolute atomic E-state index is 13.5. The lowest BCUT2D eigenvalue weighted by atomic mass is 9.94. The van der Waals surface area contributed by atoms with E-state index in [-0.39, 0.29) is 18.0 Å². The lowest BCUT2D eigenvalue weighted by Gasteiger charge is -2.20. The normalized spacial score (nSPS) is 16.8. The Balaban J connectivity index is 1.92. The molecule has 18 heavy (non-hydrogen) atoms. The van der Waals surface area contributed by atoms with Crippen LogP contribution in [0.3, 0.4) is 0 Å². The summed E-state index contributed by atoms with van der Waals surface area (Å²) in [5, 5.41) is 0.480. The van der Waals surface area contributed by atoms with E-state index in [0.29, 0.717) is 22.9 Å². The van der Waals surface area contributed by atoms with E-state index < -0.39 is 0 Å². The highest BCUT2D eigenvalue weighted by molar-refractivity contribution is 7.99. The summed E-state index contributed by atoms with van der Waals surface area (Å²) >= 11 is 7.76. The fourth-order valence-electron chi connectivity index (χ4n) is 2.24. The van der Waals surface area contributed by atoms with Gasteiger partial charge in [0.2, 0.25) is 0 Å². The molecule has 0 amide bonds. The van der Waals surface area contributed by atoms with E-state index in [4.69, 9.17) is 11.6 Å². The number of halogens is 2. The third-order valence-corrected chi connectivity index (χ3v) is 4.54. The maximum atomic E-state index is 13.5. The molecule has 0 aromatic heterocycles. The Labute approximate surface area is 116 Å². The molecule has 2 rings (SSSR count). The summed E-state index contributed by atoms with van der Waals surface area (Å²) < 4.78 is 13.5. The first-order valence-corrected chi connectivity index (χ1v) is 7.72. The highest BCUT2D eigenvalue weighted by Crippen LogP contribution is 2.26. The number of Topliss-reactive ketones (excluding diaryl/α,β-unsaturated/α-hetero) is 1.